The molecule has 0 atom stereocenters. The van der Waals surface area contributed by atoms with Crippen LogP contribution in [-0.2, 0) is 14.8 Å². The van der Waals surface area contributed by atoms with Crippen molar-refractivity contribution in [3.63, 3.8) is 0 Å². The first-order valence-corrected chi connectivity index (χ1v) is 7.43. The average Bonchev–Trinajstić information content (AvgIpc) is 2.26. The van der Waals surface area contributed by atoms with Crippen molar-refractivity contribution in [2.45, 2.75) is 18.7 Å². The van der Waals surface area contributed by atoms with Crippen molar-refractivity contribution in [2.24, 2.45) is 5.92 Å². The Bertz CT molecular complexity index is 497. The number of nitrogens with two attached hydrogens (primary N) is 1. The SMILES string of the molecule is CC(C)COCCNS(=O)(=O)c1cc(N)cc(F)c1. The number of halogens is 1. The van der Waals surface area contributed by atoms with E-state index in [4.69, 9.17) is 10.5 Å². The summed E-state index contributed by atoms with van der Waals surface area (Å²) in [5.41, 5.74) is 5.47. The molecule has 3 N–H and O–H groups in total. The summed E-state index contributed by atoms with van der Waals surface area (Å²) in [5, 5.41) is 0. The van der Waals surface area contributed by atoms with Crippen LogP contribution in [0.3, 0.4) is 0 Å². The fourth-order valence-electron chi connectivity index (χ4n) is 1.39. The van der Waals surface area contributed by atoms with E-state index < -0.39 is 15.8 Å². The molecule has 0 bridgehead atoms. The fraction of sp³-hybridized carbons (Fsp3) is 0.500. The Morgan fingerprint density at radius 3 is 2.63 bits per heavy atom. The number of nitrogen functional groups attached to an aromatic ring is 1. The molecule has 0 aliphatic carbocycles. The summed E-state index contributed by atoms with van der Waals surface area (Å²) in [7, 11) is -3.76. The molecule has 0 saturated heterocycles. The van der Waals surface area contributed by atoms with Gasteiger partial charge in [0.1, 0.15) is 5.82 Å². The van der Waals surface area contributed by atoms with E-state index in [0.717, 1.165) is 12.1 Å². The van der Waals surface area contributed by atoms with Gasteiger partial charge in [-0.2, -0.15) is 0 Å². The van der Waals surface area contributed by atoms with Gasteiger partial charge in [-0.05, 0) is 24.1 Å². The molecule has 0 amide bonds. The minimum atomic E-state index is -3.76. The van der Waals surface area contributed by atoms with Crippen LogP contribution < -0.4 is 10.5 Å². The molecule has 1 aromatic rings. The first-order valence-electron chi connectivity index (χ1n) is 5.95. The van der Waals surface area contributed by atoms with Crippen LogP contribution >= 0.6 is 0 Å². The molecular weight excluding hydrogens is 271 g/mol. The second-order valence-electron chi connectivity index (χ2n) is 4.59. The van der Waals surface area contributed by atoms with Crippen molar-refractivity contribution >= 4 is 15.7 Å². The Hall–Kier alpha value is -1.18. The van der Waals surface area contributed by atoms with Gasteiger partial charge in [-0.3, -0.25) is 0 Å². The van der Waals surface area contributed by atoms with Gasteiger partial charge in [-0.15, -0.1) is 0 Å². The van der Waals surface area contributed by atoms with Gasteiger partial charge >= 0.3 is 0 Å². The summed E-state index contributed by atoms with van der Waals surface area (Å²) in [6.45, 7) is 4.96. The molecule has 0 aliphatic rings. The Morgan fingerprint density at radius 2 is 2.05 bits per heavy atom. The summed E-state index contributed by atoms with van der Waals surface area (Å²) in [5.74, 6) is -0.295. The smallest absolute Gasteiger partial charge is 0.240 e. The second-order valence-corrected chi connectivity index (χ2v) is 6.35. The molecule has 0 aliphatic heterocycles. The lowest BCUT2D eigenvalue weighted by Crippen LogP contribution is -2.28. The Kier molecular flexibility index (Phi) is 5.71. The highest BCUT2D eigenvalue weighted by Gasteiger charge is 2.15. The monoisotopic (exact) mass is 290 g/mol. The molecule has 1 rings (SSSR count). The van der Waals surface area contributed by atoms with Crippen LogP contribution in [0.5, 0.6) is 0 Å². The molecule has 7 heteroatoms. The van der Waals surface area contributed by atoms with Gasteiger partial charge in [-0.1, -0.05) is 13.8 Å². The van der Waals surface area contributed by atoms with Crippen LogP contribution in [0.1, 0.15) is 13.8 Å². The van der Waals surface area contributed by atoms with E-state index in [0.29, 0.717) is 12.5 Å². The maximum absolute atomic E-state index is 13.1. The van der Waals surface area contributed by atoms with Gasteiger partial charge in [0.2, 0.25) is 10.0 Å². The zero-order chi connectivity index (χ0) is 14.5. The number of hydrogen-bond acceptors (Lipinski definition) is 4. The van der Waals surface area contributed by atoms with E-state index >= 15 is 0 Å². The van der Waals surface area contributed by atoms with Crippen molar-refractivity contribution in [3.8, 4) is 0 Å². The van der Waals surface area contributed by atoms with Gasteiger partial charge in [0.05, 0.1) is 11.5 Å². The number of nitrogens with one attached hydrogen (secondary N) is 1. The predicted octanol–water partition coefficient (Wildman–Crippen LogP) is 1.36. The summed E-state index contributed by atoms with van der Waals surface area (Å²) in [6, 6.07) is 3.19. The molecule has 0 radical (unpaired) electrons. The van der Waals surface area contributed by atoms with Crippen LogP contribution in [0, 0.1) is 11.7 Å². The van der Waals surface area contributed by atoms with E-state index in [9.17, 15) is 12.8 Å². The van der Waals surface area contributed by atoms with Gasteiger partial charge in [-0.25, -0.2) is 17.5 Å². The largest absolute Gasteiger partial charge is 0.399 e. The third kappa shape index (κ3) is 5.54. The van der Waals surface area contributed by atoms with Gasteiger partial charge in [0, 0.05) is 18.8 Å². The summed E-state index contributed by atoms with van der Waals surface area (Å²) >= 11 is 0. The Morgan fingerprint density at radius 1 is 1.37 bits per heavy atom. The highest BCUT2D eigenvalue weighted by Crippen LogP contribution is 2.15. The predicted molar refractivity (Wildman–Crippen MR) is 71.7 cm³/mol. The summed E-state index contributed by atoms with van der Waals surface area (Å²) in [6.07, 6.45) is 0. The van der Waals surface area contributed by atoms with Crippen molar-refractivity contribution in [1.82, 2.24) is 4.72 Å². The number of ether oxygens (including phenoxy) is 1. The molecule has 0 heterocycles. The normalized spacial score (nSPS) is 12.0. The van der Waals surface area contributed by atoms with Gasteiger partial charge in [0.25, 0.3) is 0 Å². The molecular formula is C12H19FN2O3S. The van der Waals surface area contributed by atoms with Crippen molar-refractivity contribution < 1.29 is 17.5 Å². The number of rotatable bonds is 7. The maximum atomic E-state index is 13.1. The highest BCUT2D eigenvalue weighted by molar-refractivity contribution is 7.89. The fourth-order valence-corrected chi connectivity index (χ4v) is 2.47. The van der Waals surface area contributed by atoms with Gasteiger partial charge < -0.3 is 10.5 Å². The lowest BCUT2D eigenvalue weighted by Gasteiger charge is -2.09. The third-order valence-electron chi connectivity index (χ3n) is 2.19. The van der Waals surface area contributed by atoms with Crippen molar-refractivity contribution in [1.29, 1.82) is 0 Å². The van der Waals surface area contributed by atoms with E-state index in [2.05, 4.69) is 4.72 Å². The van der Waals surface area contributed by atoms with Crippen LogP contribution in [-0.4, -0.2) is 28.2 Å². The van der Waals surface area contributed by atoms with Crippen molar-refractivity contribution in [3.05, 3.63) is 24.0 Å². The topological polar surface area (TPSA) is 81.4 Å². The minimum absolute atomic E-state index is 0.0661. The minimum Gasteiger partial charge on any atom is -0.399 e. The molecule has 5 nitrogen and oxygen atoms in total. The molecule has 0 spiro atoms. The van der Waals surface area contributed by atoms with Gasteiger partial charge in [0.15, 0.2) is 0 Å². The summed E-state index contributed by atoms with van der Waals surface area (Å²) < 4.78 is 44.4. The third-order valence-corrected chi connectivity index (χ3v) is 3.63. The lowest BCUT2D eigenvalue weighted by molar-refractivity contribution is 0.114. The standard InChI is InChI=1S/C12H19FN2O3S/c1-9(2)8-18-4-3-15-19(16,17)12-6-10(13)5-11(14)7-12/h5-7,9,15H,3-4,8,14H2,1-2H3. The van der Waals surface area contributed by atoms with E-state index in [1.54, 1.807) is 0 Å². The number of benzene rings is 1. The van der Waals surface area contributed by atoms with Crippen molar-refractivity contribution in [2.75, 3.05) is 25.5 Å². The van der Waals surface area contributed by atoms with Crippen LogP contribution in [0.25, 0.3) is 0 Å². The quantitative estimate of drug-likeness (QED) is 0.587. The first kappa shape index (κ1) is 15.9. The zero-order valence-electron chi connectivity index (χ0n) is 11.0. The molecule has 1 aromatic carbocycles. The van der Waals surface area contributed by atoms with E-state index in [1.807, 2.05) is 13.8 Å². The molecule has 0 saturated carbocycles. The molecule has 0 aromatic heterocycles. The highest BCUT2D eigenvalue weighted by atomic mass is 32.2. The molecule has 0 fully saturated rings. The molecule has 108 valence electrons. The average molecular weight is 290 g/mol. The van der Waals surface area contributed by atoms with Crippen LogP contribution in [0.4, 0.5) is 10.1 Å². The Balaban J connectivity index is 2.56. The number of anilines is 1. The molecule has 19 heavy (non-hydrogen) atoms. The van der Waals surface area contributed by atoms with Crippen LogP contribution in [0.2, 0.25) is 0 Å². The maximum Gasteiger partial charge on any atom is 0.240 e. The lowest BCUT2D eigenvalue weighted by atomic mass is 10.2. The zero-order valence-corrected chi connectivity index (χ0v) is 11.8. The number of hydrogen-bond donors (Lipinski definition) is 2. The first-order chi connectivity index (χ1) is 8.81. The van der Waals surface area contributed by atoms with Crippen LogP contribution in [0.15, 0.2) is 23.1 Å². The van der Waals surface area contributed by atoms with E-state index in [-0.39, 0.29) is 23.7 Å². The summed E-state index contributed by atoms with van der Waals surface area (Å²) in [4.78, 5) is -0.186. The number of sulfonamides is 1. The molecule has 0 unspecified atom stereocenters. The Labute approximate surface area is 113 Å². The second kappa shape index (κ2) is 6.83. The van der Waals surface area contributed by atoms with E-state index in [1.165, 1.54) is 6.07 Å².